The van der Waals surface area contributed by atoms with Gasteiger partial charge in [0.25, 0.3) is 0 Å². The van der Waals surface area contributed by atoms with Gasteiger partial charge in [-0.05, 0) is 28.7 Å². The van der Waals surface area contributed by atoms with Crippen molar-refractivity contribution in [2.75, 3.05) is 0 Å². The fourth-order valence-corrected chi connectivity index (χ4v) is 2.45. The number of H-pyrrole nitrogens is 1. The molecule has 0 aliphatic carbocycles. The molecule has 108 valence electrons. The first kappa shape index (κ1) is 13.8. The van der Waals surface area contributed by atoms with Gasteiger partial charge in [0.05, 0.1) is 11.0 Å². The van der Waals surface area contributed by atoms with Crippen molar-refractivity contribution in [2.45, 2.75) is 32.7 Å². The van der Waals surface area contributed by atoms with Crippen molar-refractivity contribution < 1.29 is 0 Å². The van der Waals surface area contributed by atoms with Crippen molar-refractivity contribution in [3.63, 3.8) is 0 Å². The highest BCUT2D eigenvalue weighted by Crippen LogP contribution is 2.26. The summed E-state index contributed by atoms with van der Waals surface area (Å²) in [5.41, 5.74) is 11.4. The molecule has 0 unspecified atom stereocenters. The normalized spacial score (nSPS) is 12.0. The van der Waals surface area contributed by atoms with Gasteiger partial charge in [-0.3, -0.25) is 0 Å². The minimum Gasteiger partial charge on any atom is -0.338 e. The number of rotatable bonds is 2. The molecule has 3 aromatic rings. The molecule has 3 N–H and O–H groups in total. The molecule has 1 heterocycles. The summed E-state index contributed by atoms with van der Waals surface area (Å²) < 4.78 is 0. The fourth-order valence-electron chi connectivity index (χ4n) is 2.45. The van der Waals surface area contributed by atoms with Gasteiger partial charge >= 0.3 is 0 Å². The van der Waals surface area contributed by atoms with Gasteiger partial charge in [-0.25, -0.2) is 4.98 Å². The minimum atomic E-state index is 0.169. The summed E-state index contributed by atoms with van der Waals surface area (Å²) in [7, 11) is 0. The maximum absolute atomic E-state index is 5.68. The molecule has 21 heavy (non-hydrogen) atoms. The van der Waals surface area contributed by atoms with Gasteiger partial charge in [-0.2, -0.15) is 0 Å². The van der Waals surface area contributed by atoms with Crippen LogP contribution in [0.15, 0.2) is 42.5 Å². The topological polar surface area (TPSA) is 54.7 Å². The molecule has 0 bridgehead atoms. The van der Waals surface area contributed by atoms with E-state index in [0.717, 1.165) is 28.0 Å². The van der Waals surface area contributed by atoms with Crippen molar-refractivity contribution in [3.8, 4) is 11.4 Å². The minimum absolute atomic E-state index is 0.169. The second kappa shape index (κ2) is 5.01. The van der Waals surface area contributed by atoms with Crippen LogP contribution in [-0.2, 0) is 12.0 Å². The van der Waals surface area contributed by atoms with Crippen LogP contribution in [0.4, 0.5) is 0 Å². The Morgan fingerprint density at radius 3 is 2.38 bits per heavy atom. The van der Waals surface area contributed by atoms with Crippen LogP contribution in [0.3, 0.4) is 0 Å². The van der Waals surface area contributed by atoms with Crippen molar-refractivity contribution >= 4 is 11.0 Å². The van der Waals surface area contributed by atoms with Crippen LogP contribution in [0.5, 0.6) is 0 Å². The van der Waals surface area contributed by atoms with Gasteiger partial charge in [0, 0.05) is 12.1 Å². The summed E-state index contributed by atoms with van der Waals surface area (Å²) in [4.78, 5) is 8.03. The predicted molar refractivity (Wildman–Crippen MR) is 88.1 cm³/mol. The average Bonchev–Trinajstić information content (AvgIpc) is 2.89. The molecular weight excluding hydrogens is 258 g/mol. The molecule has 0 aliphatic heterocycles. The molecule has 0 saturated carbocycles. The van der Waals surface area contributed by atoms with E-state index in [-0.39, 0.29) is 5.41 Å². The Kier molecular flexibility index (Phi) is 3.30. The maximum atomic E-state index is 5.68. The Labute approximate surface area is 125 Å². The maximum Gasteiger partial charge on any atom is 0.138 e. The SMILES string of the molecule is CC(C)(C)c1ccc(-c2nc3ccc(CN)cc3[nH]2)cc1. The summed E-state index contributed by atoms with van der Waals surface area (Å²) in [6.45, 7) is 7.21. The Morgan fingerprint density at radius 2 is 1.76 bits per heavy atom. The number of nitrogens with one attached hydrogen (secondary N) is 1. The molecule has 2 aromatic carbocycles. The molecule has 0 radical (unpaired) electrons. The van der Waals surface area contributed by atoms with Crippen molar-refractivity contribution in [3.05, 3.63) is 53.6 Å². The molecule has 3 rings (SSSR count). The van der Waals surface area contributed by atoms with Crippen LogP contribution in [0.1, 0.15) is 31.9 Å². The molecular formula is C18H21N3. The summed E-state index contributed by atoms with van der Waals surface area (Å²) in [6.07, 6.45) is 0. The first-order valence-corrected chi connectivity index (χ1v) is 7.27. The Bertz CT molecular complexity index is 761. The summed E-state index contributed by atoms with van der Waals surface area (Å²) in [6, 6.07) is 14.7. The number of aromatic nitrogens is 2. The van der Waals surface area contributed by atoms with Gasteiger partial charge in [-0.1, -0.05) is 51.1 Å². The quantitative estimate of drug-likeness (QED) is 0.745. The zero-order chi connectivity index (χ0) is 15.0. The zero-order valence-electron chi connectivity index (χ0n) is 12.8. The fraction of sp³-hybridized carbons (Fsp3) is 0.278. The number of imidazole rings is 1. The van der Waals surface area contributed by atoms with Gasteiger partial charge in [0.1, 0.15) is 5.82 Å². The van der Waals surface area contributed by atoms with E-state index in [4.69, 9.17) is 5.73 Å². The summed E-state index contributed by atoms with van der Waals surface area (Å²) >= 11 is 0. The lowest BCUT2D eigenvalue weighted by Gasteiger charge is -2.18. The lowest BCUT2D eigenvalue weighted by atomic mass is 9.87. The van der Waals surface area contributed by atoms with E-state index in [1.165, 1.54) is 5.56 Å². The highest BCUT2D eigenvalue weighted by molar-refractivity contribution is 5.80. The van der Waals surface area contributed by atoms with Crippen LogP contribution in [0.25, 0.3) is 22.4 Å². The second-order valence-corrected chi connectivity index (χ2v) is 6.47. The molecule has 0 spiro atoms. The van der Waals surface area contributed by atoms with Gasteiger partial charge in [0.15, 0.2) is 0 Å². The number of hydrogen-bond donors (Lipinski definition) is 2. The Balaban J connectivity index is 2.00. The lowest BCUT2D eigenvalue weighted by molar-refractivity contribution is 0.590. The zero-order valence-corrected chi connectivity index (χ0v) is 12.8. The number of benzene rings is 2. The standard InChI is InChI=1S/C18H21N3/c1-18(2,3)14-7-5-13(6-8-14)17-20-15-9-4-12(11-19)10-16(15)21-17/h4-10H,11,19H2,1-3H3,(H,20,21). The molecule has 0 atom stereocenters. The highest BCUT2D eigenvalue weighted by Gasteiger charge is 2.13. The van der Waals surface area contributed by atoms with E-state index >= 15 is 0 Å². The Morgan fingerprint density at radius 1 is 1.05 bits per heavy atom. The third-order valence-electron chi connectivity index (χ3n) is 3.81. The number of nitrogens with two attached hydrogens (primary N) is 1. The molecule has 0 aliphatic rings. The third kappa shape index (κ3) is 2.69. The number of nitrogens with zero attached hydrogens (tertiary/aromatic N) is 1. The van der Waals surface area contributed by atoms with Crippen molar-refractivity contribution in [2.24, 2.45) is 5.73 Å². The first-order valence-electron chi connectivity index (χ1n) is 7.27. The van der Waals surface area contributed by atoms with Crippen LogP contribution < -0.4 is 5.73 Å². The Hall–Kier alpha value is -2.13. The molecule has 1 aromatic heterocycles. The first-order chi connectivity index (χ1) is 9.97. The van der Waals surface area contributed by atoms with E-state index in [1.807, 2.05) is 12.1 Å². The second-order valence-electron chi connectivity index (χ2n) is 6.47. The van der Waals surface area contributed by atoms with Crippen molar-refractivity contribution in [1.82, 2.24) is 9.97 Å². The monoisotopic (exact) mass is 279 g/mol. The van der Waals surface area contributed by atoms with Crippen LogP contribution in [-0.4, -0.2) is 9.97 Å². The predicted octanol–water partition coefficient (Wildman–Crippen LogP) is 3.99. The van der Waals surface area contributed by atoms with E-state index in [1.54, 1.807) is 0 Å². The summed E-state index contributed by atoms with van der Waals surface area (Å²) in [5.74, 6) is 0.902. The van der Waals surface area contributed by atoms with Gasteiger partial charge in [-0.15, -0.1) is 0 Å². The molecule has 0 fully saturated rings. The molecule has 3 nitrogen and oxygen atoms in total. The smallest absolute Gasteiger partial charge is 0.138 e. The largest absolute Gasteiger partial charge is 0.338 e. The van der Waals surface area contributed by atoms with Crippen molar-refractivity contribution in [1.29, 1.82) is 0 Å². The average molecular weight is 279 g/mol. The lowest BCUT2D eigenvalue weighted by Crippen LogP contribution is -2.10. The molecule has 0 saturated heterocycles. The number of hydrogen-bond acceptors (Lipinski definition) is 2. The van der Waals surface area contributed by atoms with E-state index < -0.39 is 0 Å². The van der Waals surface area contributed by atoms with E-state index in [0.29, 0.717) is 6.54 Å². The molecule has 3 heteroatoms. The molecule has 0 amide bonds. The van der Waals surface area contributed by atoms with Crippen LogP contribution >= 0.6 is 0 Å². The number of aromatic amines is 1. The van der Waals surface area contributed by atoms with Gasteiger partial charge in [0.2, 0.25) is 0 Å². The van der Waals surface area contributed by atoms with E-state index in [2.05, 4.69) is 61.1 Å². The third-order valence-corrected chi connectivity index (χ3v) is 3.81. The van der Waals surface area contributed by atoms with Crippen LogP contribution in [0, 0.1) is 0 Å². The highest BCUT2D eigenvalue weighted by atomic mass is 14.9. The van der Waals surface area contributed by atoms with Crippen LogP contribution in [0.2, 0.25) is 0 Å². The summed E-state index contributed by atoms with van der Waals surface area (Å²) in [5, 5.41) is 0. The van der Waals surface area contributed by atoms with Gasteiger partial charge < -0.3 is 10.7 Å². The van der Waals surface area contributed by atoms with E-state index in [9.17, 15) is 0 Å². The number of fused-ring (bicyclic) bond motifs is 1.